The fraction of sp³-hybridized carbons (Fsp3) is 0.909. The molecule has 1 unspecified atom stereocenters. The summed E-state index contributed by atoms with van der Waals surface area (Å²) in [4.78, 5) is 14.0. The third kappa shape index (κ3) is 3.47. The van der Waals surface area contributed by atoms with Crippen LogP contribution in [0.25, 0.3) is 0 Å². The van der Waals surface area contributed by atoms with Gasteiger partial charge in [0.2, 0.25) is 0 Å². The zero-order chi connectivity index (χ0) is 10.4. The van der Waals surface area contributed by atoms with E-state index in [0.717, 1.165) is 19.5 Å². The Balaban J connectivity index is 4.22. The van der Waals surface area contributed by atoms with Crippen LogP contribution in [0.4, 0.5) is 0 Å². The van der Waals surface area contributed by atoms with Gasteiger partial charge in [-0.15, -0.1) is 0 Å². The van der Waals surface area contributed by atoms with Gasteiger partial charge in [-0.2, -0.15) is 0 Å². The van der Waals surface area contributed by atoms with E-state index < -0.39 is 0 Å². The van der Waals surface area contributed by atoms with Gasteiger partial charge in [-0.3, -0.25) is 9.69 Å². The van der Waals surface area contributed by atoms with Crippen molar-refractivity contribution >= 4 is 5.78 Å². The molecule has 0 bridgehead atoms. The van der Waals surface area contributed by atoms with E-state index in [2.05, 4.69) is 25.7 Å². The summed E-state index contributed by atoms with van der Waals surface area (Å²) >= 11 is 0. The van der Waals surface area contributed by atoms with Crippen molar-refractivity contribution in [2.24, 2.45) is 5.92 Å². The van der Waals surface area contributed by atoms with Crippen LogP contribution in [-0.2, 0) is 4.79 Å². The van der Waals surface area contributed by atoms with Crippen molar-refractivity contribution < 1.29 is 4.79 Å². The van der Waals surface area contributed by atoms with E-state index in [1.807, 2.05) is 13.8 Å². The molecule has 0 aromatic heterocycles. The van der Waals surface area contributed by atoms with Crippen molar-refractivity contribution in [2.45, 2.75) is 47.1 Å². The molecule has 0 saturated carbocycles. The molecule has 2 atom stereocenters. The van der Waals surface area contributed by atoms with Crippen LogP contribution >= 0.6 is 0 Å². The van der Waals surface area contributed by atoms with Gasteiger partial charge >= 0.3 is 0 Å². The highest BCUT2D eigenvalue weighted by molar-refractivity contribution is 5.85. The molecule has 0 amide bonds. The number of nitrogens with zero attached hydrogens (tertiary/aromatic N) is 1. The number of rotatable bonds is 6. The van der Waals surface area contributed by atoms with E-state index in [1.165, 1.54) is 0 Å². The second-order valence-corrected chi connectivity index (χ2v) is 3.61. The van der Waals surface area contributed by atoms with Gasteiger partial charge in [-0.25, -0.2) is 0 Å². The number of hydrogen-bond donors (Lipinski definition) is 0. The SMILES string of the molecule is CCC(C)C(=O)[C@@H](C)N(CC)CC. The summed E-state index contributed by atoms with van der Waals surface area (Å²) in [7, 11) is 0. The third-order valence-electron chi connectivity index (χ3n) is 2.87. The first-order valence-corrected chi connectivity index (χ1v) is 5.36. The Morgan fingerprint density at radius 2 is 1.62 bits per heavy atom. The van der Waals surface area contributed by atoms with Crippen LogP contribution < -0.4 is 0 Å². The van der Waals surface area contributed by atoms with Crippen molar-refractivity contribution in [3.63, 3.8) is 0 Å². The maximum Gasteiger partial charge on any atom is 0.152 e. The molecule has 0 aliphatic carbocycles. The average molecular weight is 185 g/mol. The van der Waals surface area contributed by atoms with Crippen LogP contribution in [0, 0.1) is 5.92 Å². The van der Waals surface area contributed by atoms with E-state index in [1.54, 1.807) is 0 Å². The molecule has 0 saturated heterocycles. The summed E-state index contributed by atoms with van der Waals surface area (Å²) in [6.45, 7) is 12.2. The van der Waals surface area contributed by atoms with Crippen LogP contribution in [0.2, 0.25) is 0 Å². The zero-order valence-electron chi connectivity index (χ0n) is 9.63. The maximum atomic E-state index is 11.8. The van der Waals surface area contributed by atoms with E-state index in [9.17, 15) is 4.79 Å². The average Bonchev–Trinajstić information content (AvgIpc) is 2.17. The van der Waals surface area contributed by atoms with Gasteiger partial charge < -0.3 is 0 Å². The maximum absolute atomic E-state index is 11.8. The standard InChI is InChI=1S/C11H23NO/c1-6-9(4)11(13)10(5)12(7-2)8-3/h9-10H,6-8H2,1-5H3/t9?,10-/m1/s1. The largest absolute Gasteiger partial charge is 0.298 e. The molecule has 2 heteroatoms. The Kier molecular flexibility index (Phi) is 5.97. The Hall–Kier alpha value is -0.370. The van der Waals surface area contributed by atoms with E-state index in [0.29, 0.717) is 5.78 Å². The van der Waals surface area contributed by atoms with E-state index >= 15 is 0 Å². The van der Waals surface area contributed by atoms with Crippen LogP contribution in [0.5, 0.6) is 0 Å². The van der Waals surface area contributed by atoms with Crippen molar-refractivity contribution in [2.75, 3.05) is 13.1 Å². The van der Waals surface area contributed by atoms with Gasteiger partial charge in [0.1, 0.15) is 0 Å². The summed E-state index contributed by atoms with van der Waals surface area (Å²) in [6.07, 6.45) is 0.949. The molecule has 0 spiro atoms. The minimum atomic E-state index is 0.0879. The smallest absolute Gasteiger partial charge is 0.152 e. The molecule has 0 radical (unpaired) electrons. The van der Waals surface area contributed by atoms with Crippen molar-refractivity contribution in [3.8, 4) is 0 Å². The minimum absolute atomic E-state index is 0.0879. The summed E-state index contributed by atoms with van der Waals surface area (Å²) in [5.74, 6) is 0.585. The predicted octanol–water partition coefficient (Wildman–Crippen LogP) is 2.33. The first-order valence-electron chi connectivity index (χ1n) is 5.36. The predicted molar refractivity (Wildman–Crippen MR) is 56.8 cm³/mol. The summed E-state index contributed by atoms with van der Waals surface area (Å²) < 4.78 is 0. The molecule has 13 heavy (non-hydrogen) atoms. The van der Waals surface area contributed by atoms with Gasteiger partial charge in [0, 0.05) is 5.92 Å². The topological polar surface area (TPSA) is 20.3 Å². The second kappa shape index (κ2) is 6.14. The van der Waals surface area contributed by atoms with Crippen molar-refractivity contribution in [1.29, 1.82) is 0 Å². The molecule has 0 N–H and O–H groups in total. The number of likely N-dealkylation sites (N-methyl/N-ethyl adjacent to an activating group) is 1. The first-order chi connectivity index (χ1) is 6.08. The van der Waals surface area contributed by atoms with Gasteiger partial charge in [0.15, 0.2) is 5.78 Å². The van der Waals surface area contributed by atoms with Gasteiger partial charge in [-0.1, -0.05) is 27.7 Å². The lowest BCUT2D eigenvalue weighted by Crippen LogP contribution is -2.41. The second-order valence-electron chi connectivity index (χ2n) is 3.61. The van der Waals surface area contributed by atoms with Gasteiger partial charge in [0.25, 0.3) is 0 Å². The number of carbonyl (C=O) groups excluding carboxylic acids is 1. The lowest BCUT2D eigenvalue weighted by molar-refractivity contribution is -0.127. The fourth-order valence-electron chi connectivity index (χ4n) is 1.56. The molecular formula is C11H23NO. The van der Waals surface area contributed by atoms with Gasteiger partial charge in [0.05, 0.1) is 6.04 Å². The molecule has 0 heterocycles. The number of Topliss-reactive ketones (excluding diaryl/α,β-unsaturated/α-hetero) is 1. The van der Waals surface area contributed by atoms with Crippen LogP contribution in [0.3, 0.4) is 0 Å². The van der Waals surface area contributed by atoms with Crippen molar-refractivity contribution in [1.82, 2.24) is 4.90 Å². The van der Waals surface area contributed by atoms with Crippen molar-refractivity contribution in [3.05, 3.63) is 0 Å². The number of carbonyl (C=O) groups is 1. The third-order valence-corrected chi connectivity index (χ3v) is 2.87. The minimum Gasteiger partial charge on any atom is -0.298 e. The Morgan fingerprint density at radius 1 is 1.15 bits per heavy atom. The Morgan fingerprint density at radius 3 is 1.92 bits per heavy atom. The first kappa shape index (κ1) is 12.6. The zero-order valence-corrected chi connectivity index (χ0v) is 9.63. The molecular weight excluding hydrogens is 162 g/mol. The highest BCUT2D eigenvalue weighted by Crippen LogP contribution is 2.10. The molecule has 0 aliphatic heterocycles. The van der Waals surface area contributed by atoms with Crippen LogP contribution in [0.15, 0.2) is 0 Å². The summed E-state index contributed by atoms with van der Waals surface area (Å²) in [5, 5.41) is 0. The number of ketones is 1. The van der Waals surface area contributed by atoms with Crippen LogP contribution in [0.1, 0.15) is 41.0 Å². The molecule has 78 valence electrons. The van der Waals surface area contributed by atoms with E-state index in [4.69, 9.17) is 0 Å². The molecule has 0 aromatic rings. The lowest BCUT2D eigenvalue weighted by Gasteiger charge is -2.26. The normalized spacial score (nSPS) is 15.8. The Bertz CT molecular complexity index is 152. The lowest BCUT2D eigenvalue weighted by atomic mass is 9.97. The quantitative estimate of drug-likeness (QED) is 0.633. The number of hydrogen-bond acceptors (Lipinski definition) is 2. The van der Waals surface area contributed by atoms with E-state index in [-0.39, 0.29) is 12.0 Å². The van der Waals surface area contributed by atoms with Crippen LogP contribution in [-0.4, -0.2) is 29.8 Å². The Labute approximate surface area is 82.3 Å². The summed E-state index contributed by atoms with van der Waals surface area (Å²) in [6, 6.07) is 0.0879. The fourth-order valence-corrected chi connectivity index (χ4v) is 1.56. The molecule has 0 aliphatic rings. The highest BCUT2D eigenvalue weighted by atomic mass is 16.1. The monoisotopic (exact) mass is 185 g/mol. The summed E-state index contributed by atoms with van der Waals surface area (Å²) in [5.41, 5.74) is 0. The van der Waals surface area contributed by atoms with Gasteiger partial charge in [-0.05, 0) is 26.4 Å². The molecule has 0 fully saturated rings. The highest BCUT2D eigenvalue weighted by Gasteiger charge is 2.22. The molecule has 2 nitrogen and oxygen atoms in total. The molecule has 0 aromatic carbocycles. The molecule has 0 rings (SSSR count).